The van der Waals surface area contributed by atoms with Gasteiger partial charge in [0.2, 0.25) is 0 Å². The van der Waals surface area contributed by atoms with Crippen molar-refractivity contribution < 1.29 is 4.74 Å². The van der Waals surface area contributed by atoms with E-state index >= 15 is 0 Å². The van der Waals surface area contributed by atoms with Crippen molar-refractivity contribution in [2.24, 2.45) is 0 Å². The second kappa shape index (κ2) is 6.68. The van der Waals surface area contributed by atoms with E-state index in [1.165, 1.54) is 38.8 Å². The van der Waals surface area contributed by atoms with Crippen LogP contribution in [0.15, 0.2) is 0 Å². The molecule has 1 saturated heterocycles. The number of ether oxygens (including phenoxy) is 1. The van der Waals surface area contributed by atoms with E-state index in [4.69, 9.17) is 4.74 Å². The zero-order valence-electron chi connectivity index (χ0n) is 8.54. The number of nitrogens with zero attached hydrogens (tertiary/aromatic N) is 1. The maximum atomic E-state index is 5.31. The Balaban J connectivity index is 1.97. The van der Waals surface area contributed by atoms with Crippen LogP contribution < -0.4 is 0 Å². The van der Waals surface area contributed by atoms with Gasteiger partial charge in [0.1, 0.15) is 0 Å². The SMILES string of the molecule is COC1CCN(CCCCCS)C1. The van der Waals surface area contributed by atoms with Crippen molar-refractivity contribution in [1.29, 1.82) is 0 Å². The monoisotopic (exact) mass is 203 g/mol. The molecule has 0 aromatic heterocycles. The molecule has 13 heavy (non-hydrogen) atoms. The summed E-state index contributed by atoms with van der Waals surface area (Å²) in [5.74, 6) is 1.03. The van der Waals surface area contributed by atoms with Gasteiger partial charge in [0.05, 0.1) is 6.10 Å². The minimum atomic E-state index is 0.491. The summed E-state index contributed by atoms with van der Waals surface area (Å²) in [5, 5.41) is 0. The minimum Gasteiger partial charge on any atom is -0.380 e. The van der Waals surface area contributed by atoms with Crippen molar-refractivity contribution in [3.63, 3.8) is 0 Å². The summed E-state index contributed by atoms with van der Waals surface area (Å²) in [4.78, 5) is 2.51. The summed E-state index contributed by atoms with van der Waals surface area (Å²) in [5.41, 5.74) is 0. The van der Waals surface area contributed by atoms with Crippen molar-refractivity contribution in [2.75, 3.05) is 32.5 Å². The largest absolute Gasteiger partial charge is 0.380 e. The first kappa shape index (κ1) is 11.3. The van der Waals surface area contributed by atoms with Gasteiger partial charge in [-0.3, -0.25) is 0 Å². The lowest BCUT2D eigenvalue weighted by atomic mass is 10.2. The van der Waals surface area contributed by atoms with E-state index in [1.54, 1.807) is 0 Å². The average molecular weight is 203 g/mol. The van der Waals surface area contributed by atoms with E-state index in [2.05, 4.69) is 17.5 Å². The highest BCUT2D eigenvalue weighted by Gasteiger charge is 2.20. The van der Waals surface area contributed by atoms with E-state index in [1.807, 2.05) is 7.11 Å². The van der Waals surface area contributed by atoms with Gasteiger partial charge in [-0.15, -0.1) is 0 Å². The Morgan fingerprint density at radius 2 is 2.23 bits per heavy atom. The molecule has 1 aliphatic heterocycles. The van der Waals surface area contributed by atoms with Crippen molar-refractivity contribution in [3.8, 4) is 0 Å². The van der Waals surface area contributed by atoms with E-state index in [-0.39, 0.29) is 0 Å². The molecule has 1 fully saturated rings. The van der Waals surface area contributed by atoms with Gasteiger partial charge in [0.25, 0.3) is 0 Å². The smallest absolute Gasteiger partial charge is 0.0710 e. The van der Waals surface area contributed by atoms with E-state index in [0.717, 1.165) is 12.3 Å². The Labute approximate surface area is 87.0 Å². The Kier molecular flexibility index (Phi) is 5.83. The van der Waals surface area contributed by atoms with Crippen LogP contribution in [0, 0.1) is 0 Å². The average Bonchev–Trinajstić information content (AvgIpc) is 2.60. The molecular formula is C10H21NOS. The first-order chi connectivity index (χ1) is 6.36. The van der Waals surface area contributed by atoms with Crippen LogP contribution in [0.25, 0.3) is 0 Å². The van der Waals surface area contributed by atoms with E-state index < -0.39 is 0 Å². The molecule has 0 radical (unpaired) electrons. The molecule has 1 unspecified atom stereocenters. The number of thiol groups is 1. The molecule has 0 N–H and O–H groups in total. The fraction of sp³-hybridized carbons (Fsp3) is 1.00. The van der Waals surface area contributed by atoms with E-state index in [0.29, 0.717) is 6.10 Å². The van der Waals surface area contributed by atoms with Gasteiger partial charge >= 0.3 is 0 Å². The van der Waals surface area contributed by atoms with Crippen molar-refractivity contribution >= 4 is 12.6 Å². The maximum Gasteiger partial charge on any atom is 0.0710 e. The molecule has 0 saturated carbocycles. The molecule has 1 atom stereocenters. The quantitative estimate of drug-likeness (QED) is 0.522. The predicted molar refractivity (Wildman–Crippen MR) is 59.6 cm³/mol. The lowest BCUT2D eigenvalue weighted by molar-refractivity contribution is 0.108. The Hall–Kier alpha value is 0.270. The number of rotatable bonds is 6. The van der Waals surface area contributed by atoms with Crippen LogP contribution in [0.4, 0.5) is 0 Å². The molecule has 2 nitrogen and oxygen atoms in total. The molecule has 3 heteroatoms. The highest BCUT2D eigenvalue weighted by atomic mass is 32.1. The predicted octanol–water partition coefficient (Wildman–Crippen LogP) is 1.81. The van der Waals surface area contributed by atoms with Crippen molar-refractivity contribution in [1.82, 2.24) is 4.90 Å². The summed E-state index contributed by atoms with van der Waals surface area (Å²) in [6, 6.07) is 0. The maximum absolute atomic E-state index is 5.31. The summed E-state index contributed by atoms with van der Waals surface area (Å²) >= 11 is 4.20. The van der Waals surface area contributed by atoms with E-state index in [9.17, 15) is 0 Å². The van der Waals surface area contributed by atoms with Crippen LogP contribution in [0.3, 0.4) is 0 Å². The molecule has 1 heterocycles. The molecule has 0 aromatic rings. The van der Waals surface area contributed by atoms with Gasteiger partial charge in [-0.25, -0.2) is 0 Å². The summed E-state index contributed by atoms with van der Waals surface area (Å²) in [7, 11) is 1.81. The molecule has 0 amide bonds. The highest BCUT2D eigenvalue weighted by Crippen LogP contribution is 2.12. The molecule has 0 aromatic carbocycles. The third-order valence-corrected chi connectivity index (χ3v) is 3.01. The molecular weight excluding hydrogens is 182 g/mol. The molecule has 0 bridgehead atoms. The number of hydrogen-bond donors (Lipinski definition) is 1. The van der Waals surface area contributed by atoms with Crippen LogP contribution in [-0.2, 0) is 4.74 Å². The third-order valence-electron chi connectivity index (χ3n) is 2.69. The van der Waals surface area contributed by atoms with Gasteiger partial charge in [0.15, 0.2) is 0 Å². The Bertz CT molecular complexity index is 132. The second-order valence-corrected chi connectivity index (χ2v) is 4.18. The lowest BCUT2D eigenvalue weighted by Gasteiger charge is -2.14. The van der Waals surface area contributed by atoms with Crippen LogP contribution in [0.5, 0.6) is 0 Å². The van der Waals surface area contributed by atoms with Crippen LogP contribution >= 0.6 is 12.6 Å². The number of unbranched alkanes of at least 4 members (excludes halogenated alkanes) is 2. The first-order valence-corrected chi connectivity index (χ1v) is 5.86. The molecule has 1 rings (SSSR count). The number of methoxy groups -OCH3 is 1. The molecule has 1 aliphatic rings. The number of hydrogen-bond acceptors (Lipinski definition) is 3. The Morgan fingerprint density at radius 3 is 2.85 bits per heavy atom. The summed E-state index contributed by atoms with van der Waals surface area (Å²) in [6.07, 6.45) is 5.59. The third kappa shape index (κ3) is 4.34. The second-order valence-electron chi connectivity index (χ2n) is 3.73. The van der Waals surface area contributed by atoms with Crippen LogP contribution in [0.2, 0.25) is 0 Å². The molecule has 78 valence electrons. The topological polar surface area (TPSA) is 12.5 Å². The Morgan fingerprint density at radius 1 is 1.38 bits per heavy atom. The van der Waals surface area contributed by atoms with Crippen LogP contribution in [-0.4, -0.2) is 43.5 Å². The molecule has 0 spiro atoms. The summed E-state index contributed by atoms with van der Waals surface area (Å²) < 4.78 is 5.31. The zero-order chi connectivity index (χ0) is 9.52. The minimum absolute atomic E-state index is 0.491. The first-order valence-electron chi connectivity index (χ1n) is 5.23. The lowest BCUT2D eigenvalue weighted by Crippen LogP contribution is -2.23. The van der Waals surface area contributed by atoms with Crippen molar-refractivity contribution in [2.45, 2.75) is 31.8 Å². The van der Waals surface area contributed by atoms with Gasteiger partial charge in [-0.05, 0) is 31.6 Å². The van der Waals surface area contributed by atoms with Gasteiger partial charge < -0.3 is 9.64 Å². The van der Waals surface area contributed by atoms with Gasteiger partial charge in [-0.1, -0.05) is 6.42 Å². The van der Waals surface area contributed by atoms with Crippen molar-refractivity contribution in [3.05, 3.63) is 0 Å². The van der Waals surface area contributed by atoms with Crippen LogP contribution in [0.1, 0.15) is 25.7 Å². The fourth-order valence-corrected chi connectivity index (χ4v) is 2.04. The standard InChI is InChI=1S/C10H21NOS/c1-12-10-5-7-11(9-10)6-3-2-4-8-13/h10,13H,2-9H2,1H3. The fourth-order valence-electron chi connectivity index (χ4n) is 1.82. The van der Waals surface area contributed by atoms with Gasteiger partial charge in [0, 0.05) is 20.2 Å². The normalized spacial score (nSPS) is 24.0. The van der Waals surface area contributed by atoms with Gasteiger partial charge in [-0.2, -0.15) is 12.6 Å². The zero-order valence-corrected chi connectivity index (χ0v) is 9.43. The molecule has 0 aliphatic carbocycles. The highest BCUT2D eigenvalue weighted by molar-refractivity contribution is 7.80. The summed E-state index contributed by atoms with van der Waals surface area (Å²) in [6.45, 7) is 3.60. The number of likely N-dealkylation sites (tertiary alicyclic amines) is 1.